The van der Waals surface area contributed by atoms with Gasteiger partial charge < -0.3 is 0 Å². The van der Waals surface area contributed by atoms with E-state index >= 15 is 0 Å². The van der Waals surface area contributed by atoms with E-state index < -0.39 is 0 Å². The zero-order chi connectivity index (χ0) is 7.56. The quantitative estimate of drug-likeness (QED) is 0.579. The molecule has 0 N–H and O–H groups in total. The number of carbonyl (C=O) groups excluding carboxylic acids is 1. The fraction of sp³-hybridized carbons (Fsp3) is 0.875. The second-order valence-corrected chi connectivity index (χ2v) is 3.74. The molecule has 1 rings (SSSR count). The van der Waals surface area contributed by atoms with Crippen molar-refractivity contribution in [2.75, 3.05) is 0 Å². The topological polar surface area (TPSA) is 17.1 Å². The number of carbonyl (C=O) groups is 1. The Morgan fingerprint density at radius 1 is 1.30 bits per heavy atom. The van der Waals surface area contributed by atoms with E-state index in [4.69, 9.17) is 0 Å². The van der Waals surface area contributed by atoms with Gasteiger partial charge in [0.15, 0.2) is 5.12 Å². The van der Waals surface area contributed by atoms with Crippen LogP contribution in [-0.2, 0) is 4.79 Å². The van der Waals surface area contributed by atoms with Crippen LogP contribution in [0.15, 0.2) is 0 Å². The van der Waals surface area contributed by atoms with Crippen molar-refractivity contribution in [3.05, 3.63) is 0 Å². The molecule has 1 fully saturated rings. The lowest BCUT2D eigenvalue weighted by Crippen LogP contribution is -2.16. The Morgan fingerprint density at radius 3 is 2.20 bits per heavy atom. The second-order valence-electron chi connectivity index (χ2n) is 3.30. The van der Waals surface area contributed by atoms with E-state index in [0.29, 0.717) is 0 Å². The van der Waals surface area contributed by atoms with Crippen LogP contribution in [0, 0.1) is 11.8 Å². The van der Waals surface area contributed by atoms with Gasteiger partial charge in [0.25, 0.3) is 0 Å². The maximum atomic E-state index is 10.8. The minimum Gasteiger partial charge on any atom is -0.287 e. The van der Waals surface area contributed by atoms with Crippen LogP contribution in [0.1, 0.15) is 32.6 Å². The van der Waals surface area contributed by atoms with Crippen LogP contribution in [-0.4, -0.2) is 5.12 Å². The average Bonchev–Trinajstić information content (AvgIpc) is 1.88. The van der Waals surface area contributed by atoms with E-state index in [9.17, 15) is 4.79 Å². The molecule has 2 heteroatoms. The lowest BCUT2D eigenvalue weighted by Gasteiger charge is -2.23. The van der Waals surface area contributed by atoms with Crippen molar-refractivity contribution >= 4 is 17.7 Å². The van der Waals surface area contributed by atoms with E-state index in [1.165, 1.54) is 12.8 Å². The summed E-state index contributed by atoms with van der Waals surface area (Å²) in [5.41, 5.74) is 0. The fourth-order valence-electron chi connectivity index (χ4n) is 1.51. The summed E-state index contributed by atoms with van der Waals surface area (Å²) in [5, 5.41) is 0.0897. The number of hydrogen-bond donors (Lipinski definition) is 1. The summed E-state index contributed by atoms with van der Waals surface area (Å²) in [5.74, 6) is 1.09. The van der Waals surface area contributed by atoms with Gasteiger partial charge in [0.1, 0.15) is 0 Å². The monoisotopic (exact) mass is 158 g/mol. The van der Waals surface area contributed by atoms with Crippen molar-refractivity contribution in [1.82, 2.24) is 0 Å². The maximum Gasteiger partial charge on any atom is 0.188 e. The van der Waals surface area contributed by atoms with Gasteiger partial charge in [0.05, 0.1) is 0 Å². The summed E-state index contributed by atoms with van der Waals surface area (Å²) in [7, 11) is 0. The highest BCUT2D eigenvalue weighted by atomic mass is 32.1. The summed E-state index contributed by atoms with van der Waals surface area (Å²) in [6, 6.07) is 0. The van der Waals surface area contributed by atoms with Gasteiger partial charge in [-0.25, -0.2) is 0 Å². The van der Waals surface area contributed by atoms with Crippen LogP contribution < -0.4 is 0 Å². The maximum absolute atomic E-state index is 10.8. The molecule has 0 saturated heterocycles. The first-order chi connectivity index (χ1) is 4.70. The number of hydrogen-bond acceptors (Lipinski definition) is 1. The molecular formula is C8H14OS. The highest BCUT2D eigenvalue weighted by Crippen LogP contribution is 2.29. The predicted molar refractivity (Wildman–Crippen MR) is 45.1 cm³/mol. The molecule has 10 heavy (non-hydrogen) atoms. The molecule has 0 unspecified atom stereocenters. The van der Waals surface area contributed by atoms with Crippen LogP contribution in [0.2, 0.25) is 0 Å². The van der Waals surface area contributed by atoms with Crippen molar-refractivity contribution in [1.29, 1.82) is 0 Å². The SMILES string of the molecule is CC1CCC(C(=O)S)CC1. The van der Waals surface area contributed by atoms with Crippen LogP contribution in [0.25, 0.3) is 0 Å². The van der Waals surface area contributed by atoms with Gasteiger partial charge in [-0.15, -0.1) is 12.6 Å². The molecule has 0 bridgehead atoms. The smallest absolute Gasteiger partial charge is 0.188 e. The summed E-state index contributed by atoms with van der Waals surface area (Å²) < 4.78 is 0. The van der Waals surface area contributed by atoms with Crippen LogP contribution >= 0.6 is 12.6 Å². The molecule has 0 heterocycles. The van der Waals surface area contributed by atoms with E-state index in [0.717, 1.165) is 18.8 Å². The second kappa shape index (κ2) is 3.42. The lowest BCUT2D eigenvalue weighted by molar-refractivity contribution is -0.115. The molecule has 0 aromatic rings. The average molecular weight is 158 g/mol. The molecule has 0 atom stereocenters. The highest BCUT2D eigenvalue weighted by molar-refractivity contribution is 7.96. The van der Waals surface area contributed by atoms with Crippen molar-refractivity contribution in [2.45, 2.75) is 32.6 Å². The Morgan fingerprint density at radius 2 is 1.80 bits per heavy atom. The van der Waals surface area contributed by atoms with Gasteiger partial charge in [-0.05, 0) is 31.6 Å². The van der Waals surface area contributed by atoms with Crippen molar-refractivity contribution < 1.29 is 4.79 Å². The van der Waals surface area contributed by atoms with E-state index in [1.54, 1.807) is 0 Å². The Hall–Kier alpha value is 0.0200. The third-order valence-corrected chi connectivity index (χ3v) is 2.73. The third kappa shape index (κ3) is 2.01. The first kappa shape index (κ1) is 8.12. The molecule has 0 amide bonds. The zero-order valence-corrected chi connectivity index (χ0v) is 7.23. The largest absolute Gasteiger partial charge is 0.287 e. The van der Waals surface area contributed by atoms with Crippen LogP contribution in [0.4, 0.5) is 0 Å². The molecule has 0 spiro atoms. The summed E-state index contributed by atoms with van der Waals surface area (Å²) in [4.78, 5) is 10.8. The molecule has 1 nitrogen and oxygen atoms in total. The lowest BCUT2D eigenvalue weighted by atomic mass is 9.84. The van der Waals surface area contributed by atoms with Crippen molar-refractivity contribution in [2.24, 2.45) is 11.8 Å². The molecule has 1 aliphatic rings. The van der Waals surface area contributed by atoms with Gasteiger partial charge >= 0.3 is 0 Å². The Kier molecular flexibility index (Phi) is 2.78. The highest BCUT2D eigenvalue weighted by Gasteiger charge is 2.21. The molecule has 0 aliphatic heterocycles. The number of thiol groups is 1. The zero-order valence-electron chi connectivity index (χ0n) is 6.34. The third-order valence-electron chi connectivity index (χ3n) is 2.37. The number of rotatable bonds is 1. The van der Waals surface area contributed by atoms with Crippen molar-refractivity contribution in [3.63, 3.8) is 0 Å². The Bertz CT molecular complexity index is 125. The molecular weight excluding hydrogens is 144 g/mol. The summed E-state index contributed by atoms with van der Waals surface area (Å²) >= 11 is 3.83. The minimum absolute atomic E-state index is 0.0897. The van der Waals surface area contributed by atoms with E-state index in [-0.39, 0.29) is 11.0 Å². The van der Waals surface area contributed by atoms with Gasteiger partial charge in [0.2, 0.25) is 0 Å². The van der Waals surface area contributed by atoms with Gasteiger partial charge in [-0.2, -0.15) is 0 Å². The summed E-state index contributed by atoms with van der Waals surface area (Å²) in [6.45, 7) is 2.25. The van der Waals surface area contributed by atoms with Crippen LogP contribution in [0.5, 0.6) is 0 Å². The van der Waals surface area contributed by atoms with E-state index in [1.807, 2.05) is 0 Å². The minimum atomic E-state index is 0.0897. The van der Waals surface area contributed by atoms with Crippen LogP contribution in [0.3, 0.4) is 0 Å². The van der Waals surface area contributed by atoms with Gasteiger partial charge in [-0.3, -0.25) is 4.79 Å². The van der Waals surface area contributed by atoms with E-state index in [2.05, 4.69) is 19.6 Å². The first-order valence-corrected chi connectivity index (χ1v) is 4.37. The predicted octanol–water partition coefficient (Wildman–Crippen LogP) is 2.27. The normalized spacial score (nSPS) is 33.8. The molecule has 1 saturated carbocycles. The Labute approximate surface area is 67.6 Å². The van der Waals surface area contributed by atoms with Crippen molar-refractivity contribution in [3.8, 4) is 0 Å². The molecule has 0 radical (unpaired) electrons. The first-order valence-electron chi connectivity index (χ1n) is 3.93. The van der Waals surface area contributed by atoms with Gasteiger partial charge in [0, 0.05) is 5.92 Å². The molecule has 0 aromatic carbocycles. The molecule has 0 aromatic heterocycles. The Balaban J connectivity index is 2.33. The molecule has 58 valence electrons. The fourth-order valence-corrected chi connectivity index (χ4v) is 1.77. The summed E-state index contributed by atoms with van der Waals surface area (Å²) in [6.07, 6.45) is 4.53. The van der Waals surface area contributed by atoms with Gasteiger partial charge in [-0.1, -0.05) is 6.92 Å². The molecule has 1 aliphatic carbocycles. The standard InChI is InChI=1S/C8H14OS/c1-6-2-4-7(5-3-6)8(9)10/h6-7H,2-5H2,1H3,(H,9,10).